The average Bonchev–Trinajstić information content (AvgIpc) is 2.71. The minimum atomic E-state index is -2.92. The summed E-state index contributed by atoms with van der Waals surface area (Å²) in [6.07, 6.45) is 0. The molecule has 1 unspecified atom stereocenters. The normalized spacial score (nSPS) is 12.9. The Bertz CT molecular complexity index is 778. The summed E-state index contributed by atoms with van der Waals surface area (Å²) in [5, 5.41) is 3.07. The highest BCUT2D eigenvalue weighted by atomic mass is 28.4. The lowest BCUT2D eigenvalue weighted by molar-refractivity contribution is -0.167. The number of hydrogen-bond donors (Lipinski definition) is 0. The molecule has 6 heteroatoms. The highest BCUT2D eigenvalue weighted by molar-refractivity contribution is 6.99. The van der Waals surface area contributed by atoms with Crippen LogP contribution in [0.2, 0.25) is 5.04 Å². The van der Waals surface area contributed by atoms with Crippen molar-refractivity contribution >= 4 is 30.6 Å². The lowest BCUT2D eigenvalue weighted by atomic mass is 10.2. The molecule has 0 aliphatic heterocycles. The van der Waals surface area contributed by atoms with Crippen molar-refractivity contribution in [1.29, 1.82) is 0 Å². The van der Waals surface area contributed by atoms with Crippen LogP contribution in [0.15, 0.2) is 60.7 Å². The van der Waals surface area contributed by atoms with Gasteiger partial charge in [0.15, 0.2) is 0 Å². The zero-order valence-electron chi connectivity index (χ0n) is 18.1. The molecule has 0 radical (unpaired) electrons. The van der Waals surface area contributed by atoms with Gasteiger partial charge < -0.3 is 9.26 Å². The molecule has 0 N–H and O–H groups in total. The standard InChI is InChI=1S/C23H31NO4Si/c1-7-27-22(26)18(2)21(25)24(6)28-29(23(3,4)5,19-14-10-8-11-15-19)20-16-12-9-13-17-20/h8-18H,7H2,1-6H3. The zero-order valence-corrected chi connectivity index (χ0v) is 19.1. The minimum Gasteiger partial charge on any atom is -0.465 e. The molecule has 0 saturated heterocycles. The molecule has 0 fully saturated rings. The van der Waals surface area contributed by atoms with Crippen LogP contribution in [-0.2, 0) is 18.9 Å². The molecule has 0 aromatic heterocycles. The Hall–Kier alpha value is -2.44. The maximum Gasteiger partial charge on any atom is 0.318 e. The fourth-order valence-electron chi connectivity index (χ4n) is 3.51. The first-order valence-corrected chi connectivity index (χ1v) is 11.8. The SMILES string of the molecule is CCOC(=O)C(C)C(=O)N(C)O[Si](c1ccccc1)(c1ccccc1)C(C)(C)C. The Kier molecular flexibility index (Phi) is 7.38. The first kappa shape index (κ1) is 22.8. The summed E-state index contributed by atoms with van der Waals surface area (Å²) in [7, 11) is -1.34. The molecule has 0 saturated carbocycles. The van der Waals surface area contributed by atoms with Gasteiger partial charge in [0.1, 0.15) is 5.92 Å². The molecule has 2 aromatic rings. The van der Waals surface area contributed by atoms with Gasteiger partial charge in [-0.05, 0) is 29.3 Å². The Balaban J connectivity index is 2.54. The van der Waals surface area contributed by atoms with Gasteiger partial charge in [0.05, 0.1) is 6.61 Å². The number of ether oxygens (including phenoxy) is 1. The molecular formula is C23H31NO4Si. The van der Waals surface area contributed by atoms with Crippen molar-refractivity contribution in [3.63, 3.8) is 0 Å². The zero-order chi connectivity index (χ0) is 21.7. The molecule has 0 heterocycles. The predicted octanol–water partition coefficient (Wildman–Crippen LogP) is 3.14. The number of amides is 1. The third kappa shape index (κ3) is 4.76. The maximum atomic E-state index is 12.9. The Morgan fingerprint density at radius 2 is 1.41 bits per heavy atom. The third-order valence-corrected chi connectivity index (χ3v) is 9.96. The van der Waals surface area contributed by atoms with Crippen LogP contribution in [0.1, 0.15) is 34.6 Å². The summed E-state index contributed by atoms with van der Waals surface area (Å²) < 4.78 is 11.6. The quantitative estimate of drug-likeness (QED) is 0.303. The highest BCUT2D eigenvalue weighted by Gasteiger charge is 2.52. The van der Waals surface area contributed by atoms with Crippen LogP contribution < -0.4 is 10.4 Å². The fraction of sp³-hybridized carbons (Fsp3) is 0.391. The number of nitrogens with zero attached hydrogens (tertiary/aromatic N) is 1. The minimum absolute atomic E-state index is 0.232. The van der Waals surface area contributed by atoms with Gasteiger partial charge in [-0.3, -0.25) is 9.59 Å². The molecule has 1 amide bonds. The van der Waals surface area contributed by atoms with Crippen LogP contribution in [0.5, 0.6) is 0 Å². The molecule has 0 spiro atoms. The van der Waals surface area contributed by atoms with E-state index >= 15 is 0 Å². The number of esters is 1. The fourth-order valence-corrected chi connectivity index (χ4v) is 7.89. The molecule has 156 valence electrons. The second-order valence-electron chi connectivity index (χ2n) is 8.06. The smallest absolute Gasteiger partial charge is 0.318 e. The van der Waals surface area contributed by atoms with Gasteiger partial charge in [-0.1, -0.05) is 81.4 Å². The Labute approximate surface area is 174 Å². The van der Waals surface area contributed by atoms with Gasteiger partial charge >= 0.3 is 5.97 Å². The van der Waals surface area contributed by atoms with Gasteiger partial charge in [0.2, 0.25) is 0 Å². The van der Waals surface area contributed by atoms with Gasteiger partial charge in [-0.15, -0.1) is 0 Å². The van der Waals surface area contributed by atoms with Gasteiger partial charge in [-0.2, -0.15) is 0 Å². The van der Waals surface area contributed by atoms with Crippen molar-refractivity contribution in [3.8, 4) is 0 Å². The number of hydrogen-bond acceptors (Lipinski definition) is 4. The third-order valence-electron chi connectivity index (χ3n) is 5.01. The van der Waals surface area contributed by atoms with Crippen molar-refractivity contribution in [1.82, 2.24) is 5.06 Å². The molecule has 29 heavy (non-hydrogen) atoms. The Morgan fingerprint density at radius 1 is 0.966 bits per heavy atom. The van der Waals surface area contributed by atoms with Gasteiger partial charge in [0, 0.05) is 7.05 Å². The summed E-state index contributed by atoms with van der Waals surface area (Å²) >= 11 is 0. The summed E-state index contributed by atoms with van der Waals surface area (Å²) in [6, 6.07) is 20.1. The lowest BCUT2D eigenvalue weighted by Gasteiger charge is -2.44. The highest BCUT2D eigenvalue weighted by Crippen LogP contribution is 2.37. The topological polar surface area (TPSA) is 55.8 Å². The van der Waals surface area contributed by atoms with E-state index in [1.807, 2.05) is 36.4 Å². The molecule has 5 nitrogen and oxygen atoms in total. The van der Waals surface area contributed by atoms with Crippen molar-refractivity contribution in [2.24, 2.45) is 5.92 Å². The summed E-state index contributed by atoms with van der Waals surface area (Å²) in [4.78, 5) is 25.0. The number of rotatable bonds is 7. The van der Waals surface area contributed by atoms with Crippen LogP contribution in [0.4, 0.5) is 0 Å². The number of carbonyl (C=O) groups is 2. The van der Waals surface area contributed by atoms with Crippen molar-refractivity contribution in [2.75, 3.05) is 13.7 Å². The predicted molar refractivity (Wildman–Crippen MR) is 117 cm³/mol. The molecular weight excluding hydrogens is 382 g/mol. The second kappa shape index (κ2) is 9.37. The molecule has 2 rings (SSSR count). The molecule has 0 aliphatic carbocycles. The molecule has 0 bridgehead atoms. The summed E-state index contributed by atoms with van der Waals surface area (Å²) in [5.74, 6) is -1.90. The largest absolute Gasteiger partial charge is 0.465 e. The second-order valence-corrected chi connectivity index (χ2v) is 12.3. The monoisotopic (exact) mass is 413 g/mol. The van der Waals surface area contributed by atoms with E-state index in [-0.39, 0.29) is 11.6 Å². The summed E-state index contributed by atoms with van der Waals surface area (Å²) in [6.45, 7) is 9.89. The number of hydroxylamine groups is 2. The van der Waals surface area contributed by atoms with E-state index in [1.54, 1.807) is 20.9 Å². The first-order chi connectivity index (χ1) is 13.6. The van der Waals surface area contributed by atoms with Gasteiger partial charge in [0.25, 0.3) is 14.2 Å². The van der Waals surface area contributed by atoms with E-state index in [1.165, 1.54) is 5.06 Å². The van der Waals surface area contributed by atoms with Crippen LogP contribution in [0.25, 0.3) is 0 Å². The molecule has 1 atom stereocenters. The van der Waals surface area contributed by atoms with E-state index in [0.717, 1.165) is 10.4 Å². The van der Waals surface area contributed by atoms with Crippen molar-refractivity contribution in [3.05, 3.63) is 60.7 Å². The number of benzene rings is 2. The van der Waals surface area contributed by atoms with E-state index < -0.39 is 26.1 Å². The lowest BCUT2D eigenvalue weighted by Crippen LogP contribution is -2.69. The van der Waals surface area contributed by atoms with Crippen molar-refractivity contribution < 1.29 is 18.9 Å². The molecule has 2 aromatic carbocycles. The van der Waals surface area contributed by atoms with Crippen LogP contribution in [-0.4, -0.2) is 38.9 Å². The number of carbonyl (C=O) groups excluding carboxylic acids is 2. The Morgan fingerprint density at radius 3 is 1.79 bits per heavy atom. The van der Waals surface area contributed by atoms with Crippen LogP contribution >= 0.6 is 0 Å². The summed E-state index contributed by atoms with van der Waals surface area (Å²) in [5.41, 5.74) is 0. The van der Waals surface area contributed by atoms with Crippen LogP contribution in [0.3, 0.4) is 0 Å². The van der Waals surface area contributed by atoms with Crippen molar-refractivity contribution in [2.45, 2.75) is 39.7 Å². The first-order valence-electron chi connectivity index (χ1n) is 9.89. The van der Waals surface area contributed by atoms with E-state index in [0.29, 0.717) is 0 Å². The van der Waals surface area contributed by atoms with Crippen LogP contribution in [0, 0.1) is 5.92 Å². The van der Waals surface area contributed by atoms with Gasteiger partial charge in [-0.25, -0.2) is 5.06 Å². The van der Waals surface area contributed by atoms with E-state index in [2.05, 4.69) is 45.0 Å². The van der Waals surface area contributed by atoms with E-state index in [4.69, 9.17) is 9.26 Å². The van der Waals surface area contributed by atoms with E-state index in [9.17, 15) is 9.59 Å². The molecule has 0 aliphatic rings. The maximum absolute atomic E-state index is 12.9. The average molecular weight is 414 g/mol.